The number of fused-ring (bicyclic) bond motifs is 1. The summed E-state index contributed by atoms with van der Waals surface area (Å²) in [6, 6.07) is 0.926. The summed E-state index contributed by atoms with van der Waals surface area (Å²) in [6.45, 7) is 7.14. The molecule has 0 aliphatic carbocycles. The van der Waals surface area contributed by atoms with Gasteiger partial charge in [-0.25, -0.2) is 14.8 Å². The van der Waals surface area contributed by atoms with Gasteiger partial charge in [0.25, 0.3) is 0 Å². The van der Waals surface area contributed by atoms with Gasteiger partial charge < -0.3 is 25.4 Å². The van der Waals surface area contributed by atoms with E-state index in [1.54, 1.807) is 6.33 Å². The Bertz CT molecular complexity index is 672. The average molecular weight is 405 g/mol. The number of nitrogens with one attached hydrogen (secondary N) is 2. The van der Waals surface area contributed by atoms with E-state index in [2.05, 4.69) is 39.3 Å². The Kier molecular flexibility index (Phi) is 7.28. The van der Waals surface area contributed by atoms with E-state index in [9.17, 15) is 13.2 Å². The number of anilines is 2. The van der Waals surface area contributed by atoms with Crippen molar-refractivity contribution in [3.63, 3.8) is 0 Å². The number of alkyl halides is 3. The second-order valence-corrected chi connectivity index (χ2v) is 7.03. The number of carboxylic acids is 1. The number of hydrogen-bond donors (Lipinski definition) is 3. The van der Waals surface area contributed by atoms with Crippen molar-refractivity contribution in [3.8, 4) is 5.75 Å². The van der Waals surface area contributed by atoms with Gasteiger partial charge in [0.1, 0.15) is 6.33 Å². The van der Waals surface area contributed by atoms with Gasteiger partial charge in [0.2, 0.25) is 5.75 Å². The lowest BCUT2D eigenvalue weighted by molar-refractivity contribution is -0.192. The second-order valence-electron chi connectivity index (χ2n) is 7.03. The number of aliphatic carboxylic acids is 1. The maximum Gasteiger partial charge on any atom is 0.490 e. The molecule has 0 spiro atoms. The average Bonchev–Trinajstić information content (AvgIpc) is 2.99. The van der Waals surface area contributed by atoms with Gasteiger partial charge in [-0.15, -0.1) is 0 Å². The Morgan fingerprint density at radius 1 is 1.39 bits per heavy atom. The van der Waals surface area contributed by atoms with Gasteiger partial charge >= 0.3 is 12.1 Å². The third-order valence-corrected chi connectivity index (χ3v) is 4.73. The minimum atomic E-state index is -5.08. The van der Waals surface area contributed by atoms with E-state index in [1.165, 1.54) is 0 Å². The number of aromatic nitrogens is 2. The second kappa shape index (κ2) is 9.26. The van der Waals surface area contributed by atoms with Crippen molar-refractivity contribution >= 4 is 17.6 Å². The molecule has 3 rings (SSSR count). The summed E-state index contributed by atoms with van der Waals surface area (Å²) in [4.78, 5) is 20.1. The highest BCUT2D eigenvalue weighted by molar-refractivity contribution is 5.73. The maximum atomic E-state index is 10.6. The van der Waals surface area contributed by atoms with Crippen LogP contribution in [0.15, 0.2) is 6.33 Å². The van der Waals surface area contributed by atoms with Crippen molar-refractivity contribution < 1.29 is 27.8 Å². The SMILES string of the molecule is CN[C@@H]1CCN(c2ncnc3c2OCC[C@@H](C(C)C)N3)C1.O=C(O)C(F)(F)F. The highest BCUT2D eigenvalue weighted by Crippen LogP contribution is 2.36. The van der Waals surface area contributed by atoms with Crippen LogP contribution in [0.3, 0.4) is 0 Å². The third kappa shape index (κ3) is 5.60. The largest absolute Gasteiger partial charge is 0.490 e. The quantitative estimate of drug-likeness (QED) is 0.703. The smallest absolute Gasteiger partial charge is 0.486 e. The van der Waals surface area contributed by atoms with Crippen molar-refractivity contribution in [1.29, 1.82) is 0 Å². The standard InChI is InChI=1S/C15H25N5O.C2HF3O2/c1-10(2)12-5-7-21-13-14(19-12)17-9-18-15(13)20-6-4-11(8-20)16-3;3-2(4,5)1(6)7/h9-12,16H,4-8H2,1-3H3,(H,17,18,19);(H,6,7)/t11-,12+;/m1./s1. The first kappa shape index (κ1) is 22.0. The molecule has 0 saturated carbocycles. The van der Waals surface area contributed by atoms with Crippen molar-refractivity contribution in [1.82, 2.24) is 15.3 Å². The Hall–Kier alpha value is -2.30. The van der Waals surface area contributed by atoms with Crippen LogP contribution in [0.5, 0.6) is 5.75 Å². The predicted octanol–water partition coefficient (Wildman–Crippen LogP) is 2.13. The van der Waals surface area contributed by atoms with E-state index in [4.69, 9.17) is 14.6 Å². The molecule has 0 unspecified atom stereocenters. The van der Waals surface area contributed by atoms with Gasteiger partial charge in [-0.1, -0.05) is 13.8 Å². The van der Waals surface area contributed by atoms with Crippen LogP contribution < -0.4 is 20.3 Å². The molecule has 3 N–H and O–H groups in total. The highest BCUT2D eigenvalue weighted by atomic mass is 19.4. The molecule has 2 aliphatic rings. The lowest BCUT2D eigenvalue weighted by Gasteiger charge is -2.22. The fourth-order valence-electron chi connectivity index (χ4n) is 3.05. The molecule has 1 aromatic heterocycles. The Morgan fingerprint density at radius 3 is 2.61 bits per heavy atom. The number of hydrogen-bond acceptors (Lipinski definition) is 7. The molecule has 0 aromatic carbocycles. The van der Waals surface area contributed by atoms with Gasteiger partial charge in [-0.2, -0.15) is 13.2 Å². The zero-order valence-corrected chi connectivity index (χ0v) is 16.1. The minimum absolute atomic E-state index is 0.401. The van der Waals surface area contributed by atoms with E-state index in [0.717, 1.165) is 43.3 Å². The minimum Gasteiger partial charge on any atom is -0.486 e. The molecular weight excluding hydrogens is 379 g/mol. The number of carboxylic acid groups (broad SMARTS) is 1. The molecular formula is C17H26F3N5O3. The third-order valence-electron chi connectivity index (χ3n) is 4.73. The normalized spacial score (nSPS) is 21.8. The molecule has 0 amide bonds. The zero-order chi connectivity index (χ0) is 20.9. The molecule has 1 fully saturated rings. The zero-order valence-electron chi connectivity index (χ0n) is 16.1. The number of rotatable bonds is 3. The summed E-state index contributed by atoms with van der Waals surface area (Å²) < 4.78 is 37.7. The molecule has 2 aliphatic heterocycles. The lowest BCUT2D eigenvalue weighted by Crippen LogP contribution is -2.30. The Labute approximate surface area is 161 Å². The van der Waals surface area contributed by atoms with Crippen LogP contribution in [-0.4, -0.2) is 66.0 Å². The molecule has 11 heteroatoms. The topological polar surface area (TPSA) is 99.6 Å². The molecule has 0 radical (unpaired) electrons. The van der Waals surface area contributed by atoms with E-state index in [-0.39, 0.29) is 0 Å². The fraction of sp³-hybridized carbons (Fsp3) is 0.706. The van der Waals surface area contributed by atoms with E-state index < -0.39 is 12.1 Å². The first-order valence-electron chi connectivity index (χ1n) is 9.10. The van der Waals surface area contributed by atoms with E-state index in [0.29, 0.717) is 24.6 Å². The lowest BCUT2D eigenvalue weighted by atomic mass is 10.0. The molecule has 2 atom stereocenters. The van der Waals surface area contributed by atoms with Crippen LogP contribution in [0.2, 0.25) is 0 Å². The maximum absolute atomic E-state index is 10.6. The number of halogens is 3. The number of ether oxygens (including phenoxy) is 1. The van der Waals surface area contributed by atoms with Crippen molar-refractivity contribution in [2.45, 2.75) is 44.9 Å². The Balaban J connectivity index is 0.000000345. The fourth-order valence-corrected chi connectivity index (χ4v) is 3.05. The van der Waals surface area contributed by atoms with Crippen molar-refractivity contribution in [3.05, 3.63) is 6.33 Å². The summed E-state index contributed by atoms with van der Waals surface area (Å²) in [6.07, 6.45) is -1.32. The van der Waals surface area contributed by atoms with Crippen LogP contribution in [0, 0.1) is 5.92 Å². The molecule has 8 nitrogen and oxygen atoms in total. The number of likely N-dealkylation sites (N-methyl/N-ethyl adjacent to an activating group) is 1. The molecule has 3 heterocycles. The van der Waals surface area contributed by atoms with E-state index >= 15 is 0 Å². The van der Waals surface area contributed by atoms with Crippen LogP contribution in [0.25, 0.3) is 0 Å². The molecule has 1 saturated heterocycles. The predicted molar refractivity (Wildman–Crippen MR) is 97.8 cm³/mol. The van der Waals surface area contributed by atoms with E-state index in [1.807, 2.05) is 7.05 Å². The first-order valence-corrected chi connectivity index (χ1v) is 9.10. The number of carbonyl (C=O) groups is 1. The monoisotopic (exact) mass is 405 g/mol. The van der Waals surface area contributed by atoms with Gasteiger partial charge in [0.05, 0.1) is 6.61 Å². The first-order chi connectivity index (χ1) is 13.1. The summed E-state index contributed by atoms with van der Waals surface area (Å²) in [5, 5.41) is 14.0. The number of nitrogens with zero attached hydrogens (tertiary/aromatic N) is 3. The highest BCUT2D eigenvalue weighted by Gasteiger charge is 2.38. The summed E-state index contributed by atoms with van der Waals surface area (Å²) in [5.74, 6) is 0.377. The summed E-state index contributed by atoms with van der Waals surface area (Å²) in [7, 11) is 2.01. The van der Waals surface area contributed by atoms with Crippen LogP contribution in [-0.2, 0) is 4.79 Å². The van der Waals surface area contributed by atoms with Crippen LogP contribution >= 0.6 is 0 Å². The van der Waals surface area contributed by atoms with Gasteiger partial charge in [-0.3, -0.25) is 0 Å². The van der Waals surface area contributed by atoms with Crippen molar-refractivity contribution in [2.24, 2.45) is 5.92 Å². The molecule has 1 aromatic rings. The van der Waals surface area contributed by atoms with Crippen LogP contribution in [0.1, 0.15) is 26.7 Å². The Morgan fingerprint density at radius 2 is 2.07 bits per heavy atom. The summed E-state index contributed by atoms with van der Waals surface area (Å²) >= 11 is 0. The molecule has 28 heavy (non-hydrogen) atoms. The van der Waals surface area contributed by atoms with Crippen molar-refractivity contribution in [2.75, 3.05) is 37.0 Å². The van der Waals surface area contributed by atoms with Gasteiger partial charge in [0.15, 0.2) is 11.6 Å². The van der Waals surface area contributed by atoms with Crippen LogP contribution in [0.4, 0.5) is 24.8 Å². The van der Waals surface area contributed by atoms with Gasteiger partial charge in [-0.05, 0) is 19.4 Å². The summed E-state index contributed by atoms with van der Waals surface area (Å²) in [5.41, 5.74) is 0. The van der Waals surface area contributed by atoms with Gasteiger partial charge in [0, 0.05) is 31.6 Å². The molecule has 158 valence electrons. The molecule has 0 bridgehead atoms.